The summed E-state index contributed by atoms with van der Waals surface area (Å²) in [7, 11) is 0. The molecule has 0 aliphatic carbocycles. The van der Waals surface area contributed by atoms with E-state index in [9.17, 15) is 0 Å². The first-order valence-corrected chi connectivity index (χ1v) is 5.04. The smallest absolute Gasteiger partial charge is 0.0425 e. The molecule has 0 saturated carbocycles. The summed E-state index contributed by atoms with van der Waals surface area (Å²) in [5.74, 6) is 0.502. The van der Waals surface area contributed by atoms with Crippen LogP contribution >= 0.6 is 0 Å². The zero-order valence-corrected chi connectivity index (χ0v) is 9.83. The van der Waals surface area contributed by atoms with Gasteiger partial charge in [0.25, 0.3) is 0 Å². The molecule has 0 radical (unpaired) electrons. The van der Waals surface area contributed by atoms with Crippen LogP contribution in [0.25, 0.3) is 0 Å². The molecule has 0 aromatic rings. The lowest BCUT2D eigenvalue weighted by atomic mass is 10.1. The van der Waals surface area contributed by atoms with Gasteiger partial charge < -0.3 is 0 Å². The van der Waals surface area contributed by atoms with Gasteiger partial charge >= 0.3 is 0 Å². The Labute approximate surface area is 83.3 Å². The van der Waals surface area contributed by atoms with Crippen LogP contribution in [0.1, 0.15) is 41.5 Å². The van der Waals surface area contributed by atoms with Gasteiger partial charge in [0.05, 0.1) is 0 Å². The number of aliphatic imine (C=N–C) groups is 1. The van der Waals surface area contributed by atoms with Crippen LogP contribution in [-0.2, 0) is 0 Å². The third-order valence-corrected chi connectivity index (χ3v) is 1.30. The van der Waals surface area contributed by atoms with Crippen molar-refractivity contribution in [2.24, 2.45) is 10.9 Å². The molecule has 13 heavy (non-hydrogen) atoms. The van der Waals surface area contributed by atoms with Crippen LogP contribution in [0, 0.1) is 5.92 Å². The van der Waals surface area contributed by atoms with Crippen LogP contribution in [-0.4, -0.2) is 5.71 Å². The third-order valence-electron chi connectivity index (χ3n) is 1.30. The van der Waals surface area contributed by atoms with Gasteiger partial charge in [-0.05, 0) is 25.8 Å². The van der Waals surface area contributed by atoms with E-state index in [-0.39, 0.29) is 0 Å². The van der Waals surface area contributed by atoms with Gasteiger partial charge in [-0.3, -0.25) is 4.99 Å². The maximum absolute atomic E-state index is 4.28. The van der Waals surface area contributed by atoms with Crippen molar-refractivity contribution in [2.45, 2.75) is 41.5 Å². The number of rotatable bonds is 3. The highest BCUT2D eigenvalue weighted by atomic mass is 14.7. The topological polar surface area (TPSA) is 12.4 Å². The lowest BCUT2D eigenvalue weighted by molar-refractivity contribution is 0.888. The fraction of sp³-hybridized carbons (Fsp3) is 0.583. The van der Waals surface area contributed by atoms with E-state index in [0.29, 0.717) is 5.92 Å². The summed E-state index contributed by atoms with van der Waals surface area (Å²) in [4.78, 5) is 4.28. The average molecular weight is 181 g/mol. The molecule has 0 aliphatic heterocycles. The summed E-state index contributed by atoms with van der Waals surface area (Å²) >= 11 is 0. The second-order valence-corrected chi connectivity index (χ2v) is 2.69. The molecule has 0 fully saturated rings. The zero-order chi connectivity index (χ0) is 10.7. The molecule has 0 N–H and O–H groups in total. The van der Waals surface area contributed by atoms with E-state index in [1.807, 2.05) is 52.1 Å². The van der Waals surface area contributed by atoms with Gasteiger partial charge in [0.1, 0.15) is 0 Å². The number of hydrogen-bond donors (Lipinski definition) is 0. The van der Waals surface area contributed by atoms with Crippen molar-refractivity contribution in [1.29, 1.82) is 0 Å². The van der Waals surface area contributed by atoms with E-state index in [2.05, 4.69) is 18.8 Å². The molecule has 76 valence electrons. The normalized spacial score (nSPS) is 12.4. The van der Waals surface area contributed by atoms with Crippen LogP contribution in [0.5, 0.6) is 0 Å². The summed E-state index contributed by atoms with van der Waals surface area (Å²) < 4.78 is 0. The summed E-state index contributed by atoms with van der Waals surface area (Å²) in [6.07, 6.45) is 7.83. The standard InChI is InChI=1S/C10H17N.C2H6/c1-5-7-10(9(3)4)11-8-6-2;1-2/h5-9H,1-4H3;1-2H3/b7-5-,8-6-,11-10+;. The van der Waals surface area contributed by atoms with Crippen LogP contribution in [0.3, 0.4) is 0 Å². The van der Waals surface area contributed by atoms with E-state index < -0.39 is 0 Å². The lowest BCUT2D eigenvalue weighted by Gasteiger charge is -2.01. The van der Waals surface area contributed by atoms with Crippen LogP contribution in [0.4, 0.5) is 0 Å². The van der Waals surface area contributed by atoms with E-state index in [4.69, 9.17) is 0 Å². The molecule has 0 saturated heterocycles. The third kappa shape index (κ3) is 9.06. The number of allylic oxidation sites excluding steroid dienone is 3. The molecule has 0 unspecified atom stereocenters. The molecule has 0 rings (SSSR count). The summed E-state index contributed by atoms with van der Waals surface area (Å²) in [6.45, 7) is 12.3. The fourth-order valence-corrected chi connectivity index (χ4v) is 0.716. The van der Waals surface area contributed by atoms with E-state index in [1.54, 1.807) is 0 Å². The fourth-order valence-electron chi connectivity index (χ4n) is 0.716. The van der Waals surface area contributed by atoms with Gasteiger partial charge in [0, 0.05) is 11.9 Å². The molecule has 0 amide bonds. The summed E-state index contributed by atoms with van der Waals surface area (Å²) in [5.41, 5.74) is 1.13. The van der Waals surface area contributed by atoms with E-state index in [0.717, 1.165) is 5.71 Å². The Balaban J connectivity index is 0. The molecule has 0 bridgehead atoms. The second kappa shape index (κ2) is 11.2. The predicted octanol–water partition coefficient (Wildman–Crippen LogP) is 4.22. The van der Waals surface area contributed by atoms with Crippen LogP contribution < -0.4 is 0 Å². The molecule has 0 aromatic carbocycles. The van der Waals surface area contributed by atoms with E-state index >= 15 is 0 Å². The highest BCUT2D eigenvalue weighted by Gasteiger charge is 1.97. The Morgan fingerprint density at radius 3 is 1.92 bits per heavy atom. The second-order valence-electron chi connectivity index (χ2n) is 2.69. The Hall–Kier alpha value is -0.850. The number of nitrogens with zero attached hydrogens (tertiary/aromatic N) is 1. The van der Waals surface area contributed by atoms with Gasteiger partial charge in [-0.15, -0.1) is 0 Å². The van der Waals surface area contributed by atoms with Crippen molar-refractivity contribution in [3.05, 3.63) is 24.4 Å². The maximum atomic E-state index is 4.28. The van der Waals surface area contributed by atoms with Crippen LogP contribution in [0.2, 0.25) is 0 Å². The largest absolute Gasteiger partial charge is 0.261 e. The molecular weight excluding hydrogens is 158 g/mol. The van der Waals surface area contributed by atoms with Crippen molar-refractivity contribution < 1.29 is 0 Å². The minimum Gasteiger partial charge on any atom is -0.261 e. The molecule has 0 aromatic heterocycles. The van der Waals surface area contributed by atoms with Gasteiger partial charge in [-0.2, -0.15) is 0 Å². The first kappa shape index (κ1) is 14.7. The minimum atomic E-state index is 0.502. The van der Waals surface area contributed by atoms with Crippen LogP contribution in [0.15, 0.2) is 29.4 Å². The Morgan fingerprint density at radius 1 is 1.08 bits per heavy atom. The molecule has 0 aliphatic rings. The zero-order valence-electron chi connectivity index (χ0n) is 9.83. The van der Waals surface area contributed by atoms with E-state index in [1.165, 1.54) is 0 Å². The first-order valence-electron chi connectivity index (χ1n) is 5.04. The average Bonchev–Trinajstić information content (AvgIpc) is 2.15. The molecule has 1 heteroatoms. The van der Waals surface area contributed by atoms with Crippen molar-refractivity contribution in [1.82, 2.24) is 0 Å². The summed E-state index contributed by atoms with van der Waals surface area (Å²) in [5, 5.41) is 0. The Morgan fingerprint density at radius 2 is 1.62 bits per heavy atom. The quantitative estimate of drug-likeness (QED) is 0.578. The molecule has 0 heterocycles. The molecule has 1 nitrogen and oxygen atoms in total. The van der Waals surface area contributed by atoms with Gasteiger partial charge in [0.2, 0.25) is 0 Å². The van der Waals surface area contributed by atoms with Crippen molar-refractivity contribution in [2.75, 3.05) is 0 Å². The summed E-state index contributed by atoms with van der Waals surface area (Å²) in [6, 6.07) is 0. The van der Waals surface area contributed by atoms with Gasteiger partial charge in [-0.1, -0.05) is 39.8 Å². The van der Waals surface area contributed by atoms with Gasteiger partial charge in [0.15, 0.2) is 0 Å². The monoisotopic (exact) mass is 181 g/mol. The van der Waals surface area contributed by atoms with Crippen molar-refractivity contribution in [3.8, 4) is 0 Å². The maximum Gasteiger partial charge on any atom is 0.0425 e. The molecular formula is C12H23N. The highest BCUT2D eigenvalue weighted by Crippen LogP contribution is 1.99. The first-order chi connectivity index (χ1) is 6.22. The predicted molar refractivity (Wildman–Crippen MR) is 63.2 cm³/mol. The number of hydrogen-bond acceptors (Lipinski definition) is 1. The van der Waals surface area contributed by atoms with Crippen molar-refractivity contribution in [3.63, 3.8) is 0 Å². The van der Waals surface area contributed by atoms with Gasteiger partial charge in [-0.25, -0.2) is 0 Å². The molecule has 0 atom stereocenters. The Kier molecular flexibility index (Phi) is 12.6. The Bertz CT molecular complexity index is 174. The minimum absolute atomic E-state index is 0.502. The van der Waals surface area contributed by atoms with Crippen molar-refractivity contribution >= 4 is 5.71 Å². The highest BCUT2D eigenvalue weighted by molar-refractivity contribution is 5.96. The lowest BCUT2D eigenvalue weighted by Crippen LogP contribution is -2.02. The SMILES string of the molecule is CC.C\C=C/N=C(\C=C/C)C(C)C. The molecule has 0 spiro atoms.